The third-order valence-corrected chi connectivity index (χ3v) is 8.25. The molecule has 2 aromatic carbocycles. The van der Waals surface area contributed by atoms with Gasteiger partial charge in [-0.3, -0.25) is 4.57 Å². The predicted molar refractivity (Wildman–Crippen MR) is 104 cm³/mol. The second-order valence-electron chi connectivity index (χ2n) is 6.44. The normalized spacial score (nSPS) is 18.4. The molecule has 0 saturated heterocycles. The van der Waals surface area contributed by atoms with Crippen LogP contribution in [0.4, 0.5) is 0 Å². The van der Waals surface area contributed by atoms with E-state index in [-0.39, 0.29) is 11.4 Å². The lowest BCUT2D eigenvalue weighted by Gasteiger charge is -2.28. The molecular weight excluding hydrogens is 335 g/mol. The average molecular weight is 360 g/mol. The van der Waals surface area contributed by atoms with Crippen molar-refractivity contribution in [2.45, 2.75) is 43.5 Å². The lowest BCUT2D eigenvalue weighted by molar-refractivity contribution is 0.165. The van der Waals surface area contributed by atoms with Gasteiger partial charge in [0.2, 0.25) is 0 Å². The standard InChI is InChI=1S/C20H25O2PS/c1-23(21,22-19-15-9-4-10-16-19)24-20(17-11-5-2-6-12-17)18-13-7-3-8-14-18/h2-3,5-8,11-14,19-20H,4,9-10,15-16H2,1H3. The van der Waals surface area contributed by atoms with Gasteiger partial charge in [0.15, 0.2) is 0 Å². The molecule has 1 unspecified atom stereocenters. The molecule has 3 rings (SSSR count). The number of benzene rings is 2. The van der Waals surface area contributed by atoms with E-state index in [1.54, 1.807) is 6.66 Å². The van der Waals surface area contributed by atoms with Gasteiger partial charge in [-0.1, -0.05) is 91.3 Å². The van der Waals surface area contributed by atoms with E-state index in [0.29, 0.717) is 0 Å². The minimum absolute atomic E-state index is 0.0341. The number of hydrogen-bond donors (Lipinski definition) is 0. The molecule has 1 aliphatic carbocycles. The van der Waals surface area contributed by atoms with Crippen molar-refractivity contribution in [3.63, 3.8) is 0 Å². The molecule has 1 aliphatic rings. The van der Waals surface area contributed by atoms with Crippen LogP contribution in [0.5, 0.6) is 0 Å². The summed E-state index contributed by atoms with van der Waals surface area (Å²) in [6.45, 7) is -0.948. The Morgan fingerprint density at radius 3 is 1.92 bits per heavy atom. The van der Waals surface area contributed by atoms with Gasteiger partial charge in [0.1, 0.15) is 0 Å². The Balaban J connectivity index is 1.79. The summed E-state index contributed by atoms with van der Waals surface area (Å²) in [4.78, 5) is 0. The average Bonchev–Trinajstić information content (AvgIpc) is 2.62. The van der Waals surface area contributed by atoms with Gasteiger partial charge in [-0.05, 0) is 24.0 Å². The van der Waals surface area contributed by atoms with Crippen LogP contribution in [0.25, 0.3) is 0 Å². The molecule has 0 radical (unpaired) electrons. The van der Waals surface area contributed by atoms with E-state index in [0.717, 1.165) is 12.8 Å². The highest BCUT2D eigenvalue weighted by molar-refractivity contribution is 8.56. The topological polar surface area (TPSA) is 26.3 Å². The second kappa shape index (κ2) is 8.38. The fraction of sp³-hybridized carbons (Fsp3) is 0.400. The SMILES string of the molecule is CP(=O)(OC1CCCCC1)SC(c1ccccc1)c1ccccc1. The molecule has 4 heteroatoms. The van der Waals surface area contributed by atoms with Crippen LogP contribution < -0.4 is 0 Å². The molecule has 0 aliphatic heterocycles. The van der Waals surface area contributed by atoms with Crippen LogP contribution >= 0.6 is 18.0 Å². The van der Waals surface area contributed by atoms with Crippen LogP contribution in [-0.2, 0) is 9.09 Å². The van der Waals surface area contributed by atoms with E-state index in [2.05, 4.69) is 24.3 Å². The fourth-order valence-corrected chi connectivity index (χ4v) is 7.36. The molecule has 128 valence electrons. The van der Waals surface area contributed by atoms with Crippen LogP contribution in [0.15, 0.2) is 60.7 Å². The second-order valence-corrected chi connectivity index (χ2v) is 11.5. The maximum atomic E-state index is 13.2. The lowest BCUT2D eigenvalue weighted by Crippen LogP contribution is -2.14. The van der Waals surface area contributed by atoms with Gasteiger partial charge in [-0.25, -0.2) is 0 Å². The Bertz CT molecular complexity index is 629. The van der Waals surface area contributed by atoms with Crippen molar-refractivity contribution < 1.29 is 9.09 Å². The molecule has 1 fully saturated rings. The molecule has 2 nitrogen and oxygen atoms in total. The largest absolute Gasteiger partial charge is 0.318 e. The lowest BCUT2D eigenvalue weighted by atomic mass is 9.98. The summed E-state index contributed by atoms with van der Waals surface area (Å²) in [7, 11) is 0. The minimum Gasteiger partial charge on any atom is -0.318 e. The highest BCUT2D eigenvalue weighted by Gasteiger charge is 2.29. The van der Waals surface area contributed by atoms with Crippen LogP contribution in [0.2, 0.25) is 0 Å². The van der Waals surface area contributed by atoms with Gasteiger partial charge in [0.25, 0.3) is 6.57 Å². The van der Waals surface area contributed by atoms with Crippen molar-refractivity contribution in [2.24, 2.45) is 0 Å². The van der Waals surface area contributed by atoms with Crippen LogP contribution in [0, 0.1) is 0 Å². The van der Waals surface area contributed by atoms with E-state index >= 15 is 0 Å². The van der Waals surface area contributed by atoms with Gasteiger partial charge >= 0.3 is 0 Å². The molecule has 1 saturated carbocycles. The Hall–Kier alpha value is -1.02. The highest BCUT2D eigenvalue weighted by atomic mass is 32.7. The van der Waals surface area contributed by atoms with Crippen molar-refractivity contribution in [3.05, 3.63) is 71.8 Å². The molecule has 2 aromatic rings. The first-order valence-corrected chi connectivity index (χ1v) is 12.2. The molecule has 0 spiro atoms. The van der Waals surface area contributed by atoms with E-state index in [4.69, 9.17) is 4.52 Å². The van der Waals surface area contributed by atoms with Crippen LogP contribution in [-0.4, -0.2) is 12.8 Å². The Morgan fingerprint density at radius 2 is 1.42 bits per heavy atom. The number of rotatable bonds is 6. The molecule has 0 aromatic heterocycles. The first-order chi connectivity index (χ1) is 11.6. The Labute approximate surface area is 149 Å². The summed E-state index contributed by atoms with van der Waals surface area (Å²) >= 11 is 1.48. The van der Waals surface area contributed by atoms with E-state index < -0.39 is 6.57 Å². The quantitative estimate of drug-likeness (QED) is 0.537. The molecule has 0 bridgehead atoms. The molecule has 0 N–H and O–H groups in total. The zero-order valence-corrected chi connectivity index (χ0v) is 15.8. The van der Waals surface area contributed by atoms with E-state index in [9.17, 15) is 4.57 Å². The van der Waals surface area contributed by atoms with Gasteiger partial charge in [-0.15, -0.1) is 0 Å². The van der Waals surface area contributed by atoms with Gasteiger partial charge < -0.3 is 4.52 Å². The van der Waals surface area contributed by atoms with Gasteiger partial charge in [-0.2, -0.15) is 0 Å². The van der Waals surface area contributed by atoms with E-state index in [1.165, 1.54) is 41.8 Å². The molecular formula is C20H25O2PS. The zero-order chi connectivity index (χ0) is 16.8. The summed E-state index contributed by atoms with van der Waals surface area (Å²) in [5.41, 5.74) is 2.34. The molecule has 1 atom stereocenters. The summed E-state index contributed by atoms with van der Waals surface area (Å²) in [6.07, 6.45) is 5.90. The van der Waals surface area contributed by atoms with Crippen molar-refractivity contribution in [1.82, 2.24) is 0 Å². The first-order valence-electron chi connectivity index (χ1n) is 8.68. The molecule has 0 heterocycles. The zero-order valence-electron chi connectivity index (χ0n) is 14.1. The summed E-state index contributed by atoms with van der Waals surface area (Å²) in [5, 5.41) is 0.0341. The third kappa shape index (κ3) is 4.99. The first kappa shape index (κ1) is 17.8. The Morgan fingerprint density at radius 1 is 0.917 bits per heavy atom. The molecule has 0 amide bonds. The third-order valence-electron chi connectivity index (χ3n) is 4.39. The summed E-state index contributed by atoms with van der Waals surface area (Å²) < 4.78 is 19.3. The van der Waals surface area contributed by atoms with Crippen LogP contribution in [0.3, 0.4) is 0 Å². The van der Waals surface area contributed by atoms with Crippen molar-refractivity contribution in [3.8, 4) is 0 Å². The smallest absolute Gasteiger partial charge is 0.255 e. The van der Waals surface area contributed by atoms with Gasteiger partial charge in [0, 0.05) is 6.66 Å². The maximum Gasteiger partial charge on any atom is 0.255 e. The summed E-state index contributed by atoms with van der Waals surface area (Å²) in [5.74, 6) is 0. The monoisotopic (exact) mass is 360 g/mol. The predicted octanol–water partition coefficient (Wildman–Crippen LogP) is 6.68. The highest BCUT2D eigenvalue weighted by Crippen LogP contribution is 2.64. The van der Waals surface area contributed by atoms with Crippen molar-refractivity contribution >= 4 is 18.0 Å². The molecule has 24 heavy (non-hydrogen) atoms. The van der Waals surface area contributed by atoms with Crippen molar-refractivity contribution in [2.75, 3.05) is 6.66 Å². The Kier molecular flexibility index (Phi) is 6.21. The van der Waals surface area contributed by atoms with Crippen molar-refractivity contribution in [1.29, 1.82) is 0 Å². The number of hydrogen-bond acceptors (Lipinski definition) is 3. The van der Waals surface area contributed by atoms with Gasteiger partial charge in [0.05, 0.1) is 11.4 Å². The maximum absolute atomic E-state index is 13.2. The summed E-state index contributed by atoms with van der Waals surface area (Å²) in [6, 6.07) is 20.6. The van der Waals surface area contributed by atoms with E-state index in [1.807, 2.05) is 36.4 Å². The minimum atomic E-state index is -2.73. The fourth-order valence-electron chi connectivity index (χ4n) is 3.23. The van der Waals surface area contributed by atoms with Crippen LogP contribution in [0.1, 0.15) is 48.5 Å².